The van der Waals surface area contributed by atoms with Crippen LogP contribution in [0.2, 0.25) is 0 Å². The second-order valence-corrected chi connectivity index (χ2v) is 5.08. The fourth-order valence-electron chi connectivity index (χ4n) is 2.04. The van der Waals surface area contributed by atoms with E-state index in [9.17, 15) is 9.59 Å². The molecular weight excluding hydrogens is 304 g/mol. The quantitative estimate of drug-likeness (QED) is 0.796. The first-order valence-electron chi connectivity index (χ1n) is 7.66. The first-order valence-corrected chi connectivity index (χ1v) is 7.66. The summed E-state index contributed by atoms with van der Waals surface area (Å²) in [6.07, 6.45) is 3.20. The Labute approximate surface area is 141 Å². The molecule has 0 fully saturated rings. The van der Waals surface area contributed by atoms with E-state index in [1.165, 1.54) is 13.0 Å². The molecule has 0 atom stereocenters. The highest BCUT2D eigenvalue weighted by atomic mass is 16.5. The molecule has 2 N–H and O–H groups in total. The van der Waals surface area contributed by atoms with E-state index in [1.54, 1.807) is 30.3 Å². The summed E-state index contributed by atoms with van der Waals surface area (Å²) >= 11 is 0. The van der Waals surface area contributed by atoms with Gasteiger partial charge in [-0.3, -0.25) is 9.59 Å². The molecule has 5 heteroatoms. The highest BCUT2D eigenvalue weighted by Crippen LogP contribution is 2.15. The monoisotopic (exact) mass is 324 g/mol. The number of nitrogens with one attached hydrogen (secondary N) is 2. The molecule has 0 aliphatic rings. The average Bonchev–Trinajstić information content (AvgIpc) is 2.56. The first-order chi connectivity index (χ1) is 11.6. The second kappa shape index (κ2) is 8.53. The topological polar surface area (TPSA) is 67.4 Å². The zero-order chi connectivity index (χ0) is 17.4. The molecule has 0 aromatic heterocycles. The largest absolute Gasteiger partial charge is 0.494 e. The van der Waals surface area contributed by atoms with Gasteiger partial charge in [-0.25, -0.2) is 0 Å². The number of benzene rings is 2. The smallest absolute Gasteiger partial charge is 0.248 e. The molecule has 0 unspecified atom stereocenters. The Bertz CT molecular complexity index is 719. The van der Waals surface area contributed by atoms with Crippen molar-refractivity contribution < 1.29 is 14.3 Å². The number of carbonyl (C=O) groups is 2. The molecule has 0 saturated heterocycles. The number of anilines is 2. The molecule has 0 heterocycles. The van der Waals surface area contributed by atoms with Gasteiger partial charge in [-0.1, -0.05) is 12.1 Å². The Kier molecular flexibility index (Phi) is 6.14. The third kappa shape index (κ3) is 5.61. The molecule has 0 radical (unpaired) electrons. The Morgan fingerprint density at radius 1 is 0.958 bits per heavy atom. The van der Waals surface area contributed by atoms with Crippen molar-refractivity contribution in [2.45, 2.75) is 13.8 Å². The summed E-state index contributed by atoms with van der Waals surface area (Å²) in [5.41, 5.74) is 2.26. The van der Waals surface area contributed by atoms with Crippen molar-refractivity contribution in [1.82, 2.24) is 0 Å². The van der Waals surface area contributed by atoms with E-state index in [-0.39, 0.29) is 11.8 Å². The molecule has 24 heavy (non-hydrogen) atoms. The van der Waals surface area contributed by atoms with E-state index in [0.29, 0.717) is 18.0 Å². The summed E-state index contributed by atoms with van der Waals surface area (Å²) in [7, 11) is 0. The van der Waals surface area contributed by atoms with Gasteiger partial charge in [-0.2, -0.15) is 0 Å². The van der Waals surface area contributed by atoms with Crippen LogP contribution < -0.4 is 15.4 Å². The predicted molar refractivity (Wildman–Crippen MR) is 96.0 cm³/mol. The summed E-state index contributed by atoms with van der Waals surface area (Å²) in [5, 5.41) is 5.43. The fourth-order valence-corrected chi connectivity index (χ4v) is 2.04. The summed E-state index contributed by atoms with van der Waals surface area (Å²) in [5.74, 6) is 0.444. The van der Waals surface area contributed by atoms with Gasteiger partial charge in [-0.05, 0) is 55.0 Å². The molecule has 2 aromatic rings. The highest BCUT2D eigenvalue weighted by molar-refractivity contribution is 6.02. The number of rotatable bonds is 6. The van der Waals surface area contributed by atoms with Crippen molar-refractivity contribution in [3.05, 3.63) is 60.2 Å². The minimum Gasteiger partial charge on any atom is -0.494 e. The van der Waals surface area contributed by atoms with Crippen LogP contribution in [0, 0.1) is 0 Å². The van der Waals surface area contributed by atoms with Crippen molar-refractivity contribution in [3.8, 4) is 5.75 Å². The van der Waals surface area contributed by atoms with Crippen molar-refractivity contribution in [2.24, 2.45) is 0 Å². The predicted octanol–water partition coefficient (Wildman–Crippen LogP) is 3.70. The van der Waals surface area contributed by atoms with E-state index in [2.05, 4.69) is 10.6 Å². The summed E-state index contributed by atoms with van der Waals surface area (Å²) < 4.78 is 5.37. The van der Waals surface area contributed by atoms with Crippen LogP contribution in [0.15, 0.2) is 54.6 Å². The molecule has 5 nitrogen and oxygen atoms in total. The maximum atomic E-state index is 11.9. The zero-order valence-corrected chi connectivity index (χ0v) is 13.7. The third-order valence-electron chi connectivity index (χ3n) is 3.09. The van der Waals surface area contributed by atoms with Gasteiger partial charge in [0.25, 0.3) is 0 Å². The van der Waals surface area contributed by atoms with Crippen LogP contribution in [0.4, 0.5) is 11.4 Å². The van der Waals surface area contributed by atoms with Crippen molar-refractivity contribution >= 4 is 29.3 Å². The third-order valence-corrected chi connectivity index (χ3v) is 3.09. The minimum atomic E-state index is -0.226. The molecule has 0 aliphatic carbocycles. The lowest BCUT2D eigenvalue weighted by atomic mass is 10.2. The Morgan fingerprint density at radius 2 is 1.54 bits per heavy atom. The van der Waals surface area contributed by atoms with Gasteiger partial charge < -0.3 is 15.4 Å². The van der Waals surface area contributed by atoms with Gasteiger partial charge >= 0.3 is 0 Å². The SMILES string of the molecule is CCOc1ccc(C=CC(=O)Nc2ccc(NC(C)=O)cc2)cc1. The van der Waals surface area contributed by atoms with Crippen molar-refractivity contribution in [1.29, 1.82) is 0 Å². The Hall–Kier alpha value is -3.08. The maximum Gasteiger partial charge on any atom is 0.248 e. The Balaban J connectivity index is 1.91. The second-order valence-electron chi connectivity index (χ2n) is 5.08. The van der Waals surface area contributed by atoms with Gasteiger partial charge in [0.1, 0.15) is 5.75 Å². The molecule has 2 amide bonds. The van der Waals surface area contributed by atoms with Crippen LogP contribution in [0.3, 0.4) is 0 Å². The standard InChI is InChI=1S/C19H20N2O3/c1-3-24-18-11-4-15(5-12-18)6-13-19(23)21-17-9-7-16(8-10-17)20-14(2)22/h4-13H,3H2,1-2H3,(H,20,22)(H,21,23). The Morgan fingerprint density at radius 3 is 2.08 bits per heavy atom. The van der Waals surface area contributed by atoms with Gasteiger partial charge in [0.2, 0.25) is 11.8 Å². The molecule has 2 rings (SSSR count). The number of carbonyl (C=O) groups excluding carboxylic acids is 2. The zero-order valence-electron chi connectivity index (χ0n) is 13.7. The normalized spacial score (nSPS) is 10.4. The number of ether oxygens (including phenoxy) is 1. The molecular formula is C19H20N2O3. The van der Waals surface area contributed by atoms with Crippen molar-refractivity contribution in [2.75, 3.05) is 17.2 Å². The van der Waals surface area contributed by atoms with Gasteiger partial charge in [0.15, 0.2) is 0 Å². The number of amides is 2. The van der Waals surface area contributed by atoms with Crippen LogP contribution in [-0.4, -0.2) is 18.4 Å². The average molecular weight is 324 g/mol. The van der Waals surface area contributed by atoms with E-state index < -0.39 is 0 Å². The van der Waals surface area contributed by atoms with Gasteiger partial charge in [0.05, 0.1) is 6.61 Å². The molecule has 0 saturated carbocycles. The lowest BCUT2D eigenvalue weighted by Crippen LogP contribution is -2.08. The highest BCUT2D eigenvalue weighted by Gasteiger charge is 2.00. The van der Waals surface area contributed by atoms with Crippen LogP contribution in [0.1, 0.15) is 19.4 Å². The van der Waals surface area contributed by atoms with E-state index in [4.69, 9.17) is 4.74 Å². The lowest BCUT2D eigenvalue weighted by molar-refractivity contribution is -0.114. The van der Waals surface area contributed by atoms with Gasteiger partial charge in [-0.15, -0.1) is 0 Å². The minimum absolute atomic E-state index is 0.134. The van der Waals surface area contributed by atoms with E-state index in [1.807, 2.05) is 31.2 Å². The van der Waals surface area contributed by atoms with E-state index >= 15 is 0 Å². The molecule has 2 aromatic carbocycles. The molecule has 0 aliphatic heterocycles. The summed E-state index contributed by atoms with van der Waals surface area (Å²) in [6.45, 7) is 4.00. The van der Waals surface area contributed by atoms with E-state index in [0.717, 1.165) is 11.3 Å². The molecule has 0 bridgehead atoms. The van der Waals surface area contributed by atoms with Crippen LogP contribution in [-0.2, 0) is 9.59 Å². The van der Waals surface area contributed by atoms with Crippen molar-refractivity contribution in [3.63, 3.8) is 0 Å². The van der Waals surface area contributed by atoms with Crippen LogP contribution in [0.5, 0.6) is 5.75 Å². The summed E-state index contributed by atoms with van der Waals surface area (Å²) in [4.78, 5) is 22.9. The molecule has 124 valence electrons. The summed E-state index contributed by atoms with van der Waals surface area (Å²) in [6, 6.07) is 14.4. The van der Waals surface area contributed by atoms with Gasteiger partial charge in [0, 0.05) is 24.4 Å². The molecule has 0 spiro atoms. The number of hydrogen-bond acceptors (Lipinski definition) is 3. The van der Waals surface area contributed by atoms with Crippen LogP contribution >= 0.6 is 0 Å². The number of hydrogen-bond donors (Lipinski definition) is 2. The maximum absolute atomic E-state index is 11.9. The van der Waals surface area contributed by atoms with Crippen LogP contribution in [0.25, 0.3) is 6.08 Å². The first kappa shape index (κ1) is 17.3. The lowest BCUT2D eigenvalue weighted by Gasteiger charge is -2.05. The fraction of sp³-hybridized carbons (Fsp3) is 0.158.